The van der Waals surface area contributed by atoms with Crippen LogP contribution in [0, 0.1) is 0 Å². The van der Waals surface area contributed by atoms with E-state index in [0.717, 1.165) is 21.4 Å². The van der Waals surface area contributed by atoms with Gasteiger partial charge in [-0.2, -0.15) is 0 Å². The minimum absolute atomic E-state index is 0.0521. The second kappa shape index (κ2) is 8.16. The lowest BCUT2D eigenvalue weighted by Crippen LogP contribution is -2.59. The van der Waals surface area contributed by atoms with Crippen LogP contribution in [0.2, 0.25) is 0 Å². The molecule has 2 aliphatic rings. The Hall–Kier alpha value is -2.88. The van der Waals surface area contributed by atoms with Crippen molar-refractivity contribution in [1.29, 1.82) is 0 Å². The highest BCUT2D eigenvalue weighted by Crippen LogP contribution is 2.40. The van der Waals surface area contributed by atoms with Crippen LogP contribution in [0.4, 0.5) is 15.1 Å². The van der Waals surface area contributed by atoms with Crippen molar-refractivity contribution in [2.45, 2.75) is 69.9 Å². The largest absolute Gasteiger partial charge is 0.444 e. The van der Waals surface area contributed by atoms with Crippen LogP contribution >= 0.6 is 11.3 Å². The topological polar surface area (TPSA) is 84.3 Å². The van der Waals surface area contributed by atoms with Crippen LogP contribution in [-0.4, -0.2) is 68.1 Å². The van der Waals surface area contributed by atoms with Crippen LogP contribution in [0.3, 0.4) is 0 Å². The van der Waals surface area contributed by atoms with E-state index in [1.54, 1.807) is 40.6 Å². The molecule has 10 heteroatoms. The van der Waals surface area contributed by atoms with Gasteiger partial charge in [0.25, 0.3) is 0 Å². The average molecular weight is 471 g/mol. The number of pyridine rings is 1. The molecule has 3 aromatic heterocycles. The highest BCUT2D eigenvalue weighted by molar-refractivity contribution is 7.22. The monoisotopic (exact) mass is 470 g/mol. The van der Waals surface area contributed by atoms with Crippen molar-refractivity contribution >= 4 is 33.5 Å². The number of piperidine rings is 1. The fraction of sp³-hybridized carbons (Fsp3) is 0.522. The molecular formula is C23H27FN6O2S. The van der Waals surface area contributed by atoms with E-state index in [4.69, 9.17) is 4.74 Å². The number of carbonyl (C=O) groups excluding carboxylic acids is 1. The van der Waals surface area contributed by atoms with Crippen molar-refractivity contribution in [2.75, 3.05) is 11.9 Å². The molecule has 174 valence electrons. The number of rotatable bonds is 3. The minimum Gasteiger partial charge on any atom is -0.444 e. The molecule has 2 aliphatic heterocycles. The number of amides is 1. The van der Waals surface area contributed by atoms with Crippen LogP contribution in [0.15, 0.2) is 30.7 Å². The number of nitrogens with zero attached hydrogens (tertiary/aromatic N) is 6. The average Bonchev–Trinajstić information content (AvgIpc) is 3.36. The standard InChI is InChI=1S/C23H27FN6O2S/c1-23(2,3)32-22(31)30-14-5-6-16(30)20(24)17(10-14)29(4)21-26-11-15(27-28-21)18-9-13-7-8-25-12-19(13)33-18/h7-9,11-12,14,16-17,20H,5-6,10H2,1-4H3/t14-,16+,17-,20+/m0/s1. The summed E-state index contributed by atoms with van der Waals surface area (Å²) in [7, 11) is 1.79. The highest BCUT2D eigenvalue weighted by Gasteiger charge is 2.52. The number of aromatic nitrogens is 4. The number of carbonyl (C=O) groups is 1. The SMILES string of the molecule is CN(c1ncc(-c2cc3ccncc3s2)nn1)[C@H]1C[C@@H]2CC[C@H]([C@H]1F)N2C(=O)OC(C)(C)C. The highest BCUT2D eigenvalue weighted by atomic mass is 32.1. The van der Waals surface area contributed by atoms with E-state index in [1.165, 1.54) is 0 Å². The molecule has 0 aliphatic carbocycles. The summed E-state index contributed by atoms with van der Waals surface area (Å²) in [5.41, 5.74) is 0.0623. The lowest BCUT2D eigenvalue weighted by atomic mass is 9.94. The lowest BCUT2D eigenvalue weighted by Gasteiger charge is -2.44. The number of anilines is 1. The van der Waals surface area contributed by atoms with Gasteiger partial charge in [-0.3, -0.25) is 9.88 Å². The minimum atomic E-state index is -1.22. The van der Waals surface area contributed by atoms with E-state index >= 15 is 4.39 Å². The summed E-state index contributed by atoms with van der Waals surface area (Å²) in [5, 5.41) is 9.74. The molecule has 5 heterocycles. The van der Waals surface area contributed by atoms with Crippen molar-refractivity contribution in [3.63, 3.8) is 0 Å². The number of fused-ring (bicyclic) bond motifs is 3. The first-order chi connectivity index (χ1) is 15.7. The van der Waals surface area contributed by atoms with Crippen LogP contribution in [0.25, 0.3) is 20.7 Å². The van der Waals surface area contributed by atoms with E-state index in [1.807, 2.05) is 39.1 Å². The maximum Gasteiger partial charge on any atom is 0.410 e. The van der Waals surface area contributed by atoms with Gasteiger partial charge in [0, 0.05) is 25.5 Å². The molecule has 0 unspecified atom stereocenters. The van der Waals surface area contributed by atoms with E-state index < -0.39 is 29.9 Å². The molecule has 0 radical (unpaired) electrons. The Bertz CT molecular complexity index is 1130. The predicted octanol–water partition coefficient (Wildman–Crippen LogP) is 4.46. The number of alkyl halides is 1. The van der Waals surface area contributed by atoms with Gasteiger partial charge in [-0.05, 0) is 57.6 Å². The molecule has 2 fully saturated rings. The Labute approximate surface area is 195 Å². The molecular weight excluding hydrogens is 443 g/mol. The molecule has 0 spiro atoms. The van der Waals surface area contributed by atoms with Crippen LogP contribution < -0.4 is 4.90 Å². The molecule has 1 amide bonds. The zero-order chi connectivity index (χ0) is 23.3. The van der Waals surface area contributed by atoms with Crippen molar-refractivity contribution in [1.82, 2.24) is 25.1 Å². The van der Waals surface area contributed by atoms with E-state index in [0.29, 0.717) is 24.5 Å². The van der Waals surface area contributed by atoms with Gasteiger partial charge in [0.15, 0.2) is 0 Å². The lowest BCUT2D eigenvalue weighted by molar-refractivity contribution is -0.0104. The molecule has 0 N–H and O–H groups in total. The summed E-state index contributed by atoms with van der Waals surface area (Å²) in [6.45, 7) is 5.47. The van der Waals surface area contributed by atoms with Gasteiger partial charge in [0.2, 0.25) is 5.95 Å². The van der Waals surface area contributed by atoms with Crippen LogP contribution in [0.1, 0.15) is 40.0 Å². The summed E-state index contributed by atoms with van der Waals surface area (Å²) >= 11 is 1.58. The van der Waals surface area contributed by atoms with Crippen molar-refractivity contribution in [2.24, 2.45) is 0 Å². The first-order valence-electron chi connectivity index (χ1n) is 11.1. The number of hydrogen-bond donors (Lipinski definition) is 0. The van der Waals surface area contributed by atoms with Gasteiger partial charge in [-0.15, -0.1) is 21.5 Å². The normalized spacial score (nSPS) is 24.8. The third-order valence-corrected chi connectivity index (χ3v) is 7.45. The predicted molar refractivity (Wildman–Crippen MR) is 125 cm³/mol. The first kappa shape index (κ1) is 21.9. The molecule has 0 aromatic carbocycles. The number of halogens is 1. The third kappa shape index (κ3) is 4.12. The van der Waals surface area contributed by atoms with Gasteiger partial charge in [-0.25, -0.2) is 14.2 Å². The van der Waals surface area contributed by atoms with Crippen molar-refractivity contribution in [3.05, 3.63) is 30.7 Å². The zero-order valence-electron chi connectivity index (χ0n) is 19.1. The van der Waals surface area contributed by atoms with Crippen LogP contribution in [0.5, 0.6) is 0 Å². The van der Waals surface area contributed by atoms with E-state index in [2.05, 4.69) is 20.2 Å². The molecule has 2 saturated heterocycles. The summed E-state index contributed by atoms with van der Waals surface area (Å²) in [6.07, 6.45) is 5.51. The van der Waals surface area contributed by atoms with E-state index in [9.17, 15) is 4.79 Å². The van der Waals surface area contributed by atoms with Gasteiger partial charge < -0.3 is 9.64 Å². The fourth-order valence-corrected chi connectivity index (χ4v) is 5.77. The van der Waals surface area contributed by atoms with Gasteiger partial charge in [-0.1, -0.05) is 0 Å². The quantitative estimate of drug-likeness (QED) is 0.559. The Morgan fingerprint density at radius 3 is 2.79 bits per heavy atom. The first-order valence-corrected chi connectivity index (χ1v) is 11.9. The second-order valence-electron chi connectivity index (χ2n) is 9.71. The summed E-state index contributed by atoms with van der Waals surface area (Å²) < 4.78 is 22.2. The molecule has 4 atom stereocenters. The number of hydrogen-bond acceptors (Lipinski definition) is 8. The summed E-state index contributed by atoms with van der Waals surface area (Å²) in [6, 6.07) is 3.02. The fourth-order valence-electron chi connectivity index (χ4n) is 4.79. The van der Waals surface area contributed by atoms with Gasteiger partial charge in [0.1, 0.15) is 17.5 Å². The summed E-state index contributed by atoms with van der Waals surface area (Å²) in [4.78, 5) is 25.6. The van der Waals surface area contributed by atoms with Crippen molar-refractivity contribution in [3.8, 4) is 10.6 Å². The smallest absolute Gasteiger partial charge is 0.410 e. The molecule has 3 aromatic rings. The van der Waals surface area contributed by atoms with Crippen LogP contribution in [-0.2, 0) is 4.74 Å². The molecule has 5 rings (SSSR count). The number of thiophene rings is 1. The molecule has 8 nitrogen and oxygen atoms in total. The Kier molecular flexibility index (Phi) is 5.43. The van der Waals surface area contributed by atoms with Gasteiger partial charge in [0.05, 0.1) is 27.9 Å². The third-order valence-electron chi connectivity index (χ3n) is 6.34. The van der Waals surface area contributed by atoms with E-state index in [-0.39, 0.29) is 6.04 Å². The van der Waals surface area contributed by atoms with Gasteiger partial charge >= 0.3 is 6.09 Å². The number of ether oxygens (including phenoxy) is 1. The maximum absolute atomic E-state index is 15.6. The summed E-state index contributed by atoms with van der Waals surface area (Å²) in [5.74, 6) is 0.374. The Balaban J connectivity index is 1.32. The maximum atomic E-state index is 15.6. The molecule has 0 saturated carbocycles. The Morgan fingerprint density at radius 2 is 2.09 bits per heavy atom. The zero-order valence-corrected chi connectivity index (χ0v) is 19.9. The van der Waals surface area contributed by atoms with Crippen molar-refractivity contribution < 1.29 is 13.9 Å². The molecule has 33 heavy (non-hydrogen) atoms. The molecule has 2 bridgehead atoms. The second-order valence-corrected chi connectivity index (χ2v) is 10.8. The Morgan fingerprint density at radius 1 is 1.27 bits per heavy atom.